The normalized spacial score (nSPS) is 7.57. The van der Waals surface area contributed by atoms with Gasteiger partial charge in [-0.15, -0.1) is 0 Å². The highest BCUT2D eigenvalue weighted by atomic mass is 16.6. The molecule has 0 spiro atoms. The van der Waals surface area contributed by atoms with Gasteiger partial charge >= 0.3 is 0 Å². The quantitative estimate of drug-likeness (QED) is 0.380. The molecule has 0 aliphatic rings. The molecule has 0 aromatic rings. The molecule has 0 aliphatic carbocycles. The molecule has 3 nitrogen and oxygen atoms in total. The molecule has 0 fully saturated rings. The summed E-state index contributed by atoms with van der Waals surface area (Å²) in [6, 6.07) is 0. The van der Waals surface area contributed by atoms with Gasteiger partial charge in [0.25, 0.3) is 5.91 Å². The van der Waals surface area contributed by atoms with Crippen molar-refractivity contribution in [2.75, 3.05) is 7.11 Å². The molecular formula is C4H6NO2. The van der Waals surface area contributed by atoms with Gasteiger partial charge in [0.1, 0.15) is 0 Å². The molecule has 0 rings (SSSR count). The van der Waals surface area contributed by atoms with E-state index in [1.165, 1.54) is 7.11 Å². The summed E-state index contributed by atoms with van der Waals surface area (Å²) in [7, 11) is 1.33. The van der Waals surface area contributed by atoms with Crippen LogP contribution in [0.2, 0.25) is 0 Å². The van der Waals surface area contributed by atoms with E-state index in [4.69, 9.17) is 6.58 Å². The SMILES string of the molecule is [CH]=CC(=O)NOC. The highest BCUT2D eigenvalue weighted by Gasteiger charge is 1.84. The van der Waals surface area contributed by atoms with Crippen molar-refractivity contribution in [3.05, 3.63) is 12.7 Å². The van der Waals surface area contributed by atoms with Crippen LogP contribution in [0, 0.1) is 6.58 Å². The molecule has 1 radical (unpaired) electrons. The minimum atomic E-state index is -0.442. The zero-order valence-corrected chi connectivity index (χ0v) is 3.97. The number of rotatable bonds is 2. The zero-order valence-electron chi connectivity index (χ0n) is 3.97. The number of carbonyl (C=O) groups is 1. The van der Waals surface area contributed by atoms with Crippen LogP contribution in [-0.2, 0) is 9.63 Å². The van der Waals surface area contributed by atoms with Crippen LogP contribution in [0.5, 0.6) is 0 Å². The van der Waals surface area contributed by atoms with Crippen LogP contribution in [0.15, 0.2) is 6.08 Å². The highest BCUT2D eigenvalue weighted by molar-refractivity contribution is 5.85. The maximum Gasteiger partial charge on any atom is 0.267 e. The minimum absolute atomic E-state index is 0.442. The van der Waals surface area contributed by atoms with Crippen molar-refractivity contribution in [3.63, 3.8) is 0 Å². The molecule has 1 N–H and O–H groups in total. The van der Waals surface area contributed by atoms with Crippen LogP contribution in [0.25, 0.3) is 0 Å². The monoisotopic (exact) mass is 100 g/mol. The van der Waals surface area contributed by atoms with E-state index >= 15 is 0 Å². The van der Waals surface area contributed by atoms with E-state index in [9.17, 15) is 4.79 Å². The Kier molecular flexibility index (Phi) is 2.96. The van der Waals surface area contributed by atoms with Gasteiger partial charge in [0.15, 0.2) is 0 Å². The second kappa shape index (κ2) is 3.36. The predicted octanol–water partition coefficient (Wildman–Crippen LogP) is -0.347. The number of nitrogens with one attached hydrogen (secondary N) is 1. The van der Waals surface area contributed by atoms with Crippen molar-refractivity contribution in [2.24, 2.45) is 0 Å². The van der Waals surface area contributed by atoms with Crippen LogP contribution in [-0.4, -0.2) is 13.0 Å². The summed E-state index contributed by atoms with van der Waals surface area (Å²) in [5, 5.41) is 0. The number of hydrogen-bond acceptors (Lipinski definition) is 2. The Hall–Kier alpha value is -0.830. The second-order valence-corrected chi connectivity index (χ2v) is 0.837. The maximum absolute atomic E-state index is 10.00. The van der Waals surface area contributed by atoms with Gasteiger partial charge in [-0.2, -0.15) is 0 Å². The van der Waals surface area contributed by atoms with Crippen LogP contribution < -0.4 is 5.48 Å². The van der Waals surface area contributed by atoms with Gasteiger partial charge in [-0.05, 0) is 0 Å². The first-order valence-corrected chi connectivity index (χ1v) is 1.69. The van der Waals surface area contributed by atoms with Crippen molar-refractivity contribution < 1.29 is 9.63 Å². The molecule has 0 atom stereocenters. The first-order valence-electron chi connectivity index (χ1n) is 1.69. The first kappa shape index (κ1) is 6.17. The summed E-state index contributed by atoms with van der Waals surface area (Å²) in [5.74, 6) is -0.442. The maximum atomic E-state index is 10.00. The van der Waals surface area contributed by atoms with Gasteiger partial charge in [0, 0.05) is 6.08 Å². The molecule has 0 unspecified atom stereocenters. The molecule has 7 heavy (non-hydrogen) atoms. The first-order chi connectivity index (χ1) is 3.31. The average Bonchev–Trinajstić information content (AvgIpc) is 1.68. The lowest BCUT2D eigenvalue weighted by Gasteiger charge is -1.91. The summed E-state index contributed by atoms with van der Waals surface area (Å²) >= 11 is 0. The second-order valence-electron chi connectivity index (χ2n) is 0.837. The number of carbonyl (C=O) groups excluding carboxylic acids is 1. The van der Waals surface area contributed by atoms with E-state index in [0.717, 1.165) is 6.08 Å². The summed E-state index contributed by atoms with van der Waals surface area (Å²) in [4.78, 5) is 14.2. The summed E-state index contributed by atoms with van der Waals surface area (Å²) in [6.45, 7) is 4.74. The molecule has 0 aliphatic heterocycles. The van der Waals surface area contributed by atoms with Crippen LogP contribution in [0.4, 0.5) is 0 Å². The van der Waals surface area contributed by atoms with Crippen molar-refractivity contribution in [2.45, 2.75) is 0 Å². The third-order valence-electron chi connectivity index (χ3n) is 0.354. The Bertz CT molecular complexity index is 79.8. The standard InChI is InChI=1S/C4H6NO2/c1-3-4(6)5-7-2/h1,3H,2H3,(H,5,6). The van der Waals surface area contributed by atoms with Gasteiger partial charge in [-0.3, -0.25) is 9.63 Å². The lowest BCUT2D eigenvalue weighted by molar-refractivity contribution is -0.126. The molecule has 0 saturated carbocycles. The van der Waals surface area contributed by atoms with Crippen LogP contribution in [0.1, 0.15) is 0 Å². The molecule has 3 heteroatoms. The lowest BCUT2D eigenvalue weighted by atomic mass is 10.6. The van der Waals surface area contributed by atoms with Gasteiger partial charge in [-0.25, -0.2) is 5.48 Å². The van der Waals surface area contributed by atoms with E-state index < -0.39 is 5.91 Å². The predicted molar refractivity (Wildman–Crippen MR) is 24.0 cm³/mol. The number of amides is 1. The third kappa shape index (κ3) is 2.99. The molecule has 39 valence electrons. The largest absolute Gasteiger partial charge is 0.277 e. The van der Waals surface area contributed by atoms with Gasteiger partial charge in [0.2, 0.25) is 0 Å². The molecule has 0 saturated heterocycles. The van der Waals surface area contributed by atoms with E-state index in [0.29, 0.717) is 0 Å². The molecule has 1 amide bonds. The molecule has 0 heterocycles. The fourth-order valence-electron chi connectivity index (χ4n) is 0.135. The van der Waals surface area contributed by atoms with Gasteiger partial charge in [-0.1, -0.05) is 6.58 Å². The van der Waals surface area contributed by atoms with Crippen molar-refractivity contribution in [3.8, 4) is 0 Å². The summed E-state index contributed by atoms with van der Waals surface area (Å²) in [5.41, 5.74) is 1.98. The lowest BCUT2D eigenvalue weighted by Crippen LogP contribution is -2.18. The highest BCUT2D eigenvalue weighted by Crippen LogP contribution is 1.61. The van der Waals surface area contributed by atoms with Gasteiger partial charge in [0.05, 0.1) is 7.11 Å². The van der Waals surface area contributed by atoms with Crippen LogP contribution >= 0.6 is 0 Å². The zero-order chi connectivity index (χ0) is 5.70. The average molecular weight is 100 g/mol. The van der Waals surface area contributed by atoms with E-state index in [1.54, 1.807) is 0 Å². The number of hydrogen-bond donors (Lipinski definition) is 1. The minimum Gasteiger partial charge on any atom is -0.277 e. The van der Waals surface area contributed by atoms with E-state index in [1.807, 2.05) is 5.48 Å². The summed E-state index contributed by atoms with van der Waals surface area (Å²) in [6.07, 6.45) is 0.878. The van der Waals surface area contributed by atoms with E-state index in [2.05, 4.69) is 4.84 Å². The van der Waals surface area contributed by atoms with Crippen molar-refractivity contribution in [1.82, 2.24) is 5.48 Å². The van der Waals surface area contributed by atoms with Crippen molar-refractivity contribution >= 4 is 5.91 Å². The topological polar surface area (TPSA) is 38.3 Å². The fraction of sp³-hybridized carbons (Fsp3) is 0.250. The Morgan fingerprint density at radius 1 is 2.00 bits per heavy atom. The third-order valence-corrected chi connectivity index (χ3v) is 0.354. The Balaban J connectivity index is 3.17. The Labute approximate surface area is 41.9 Å². The van der Waals surface area contributed by atoms with Crippen LogP contribution in [0.3, 0.4) is 0 Å². The molecular weight excluding hydrogens is 94.0 g/mol. The molecule has 0 aromatic heterocycles. The Morgan fingerprint density at radius 3 is 2.71 bits per heavy atom. The fourth-order valence-corrected chi connectivity index (χ4v) is 0.135. The van der Waals surface area contributed by atoms with Crippen molar-refractivity contribution in [1.29, 1.82) is 0 Å². The van der Waals surface area contributed by atoms with Gasteiger partial charge < -0.3 is 0 Å². The smallest absolute Gasteiger partial charge is 0.267 e. The van der Waals surface area contributed by atoms with E-state index in [-0.39, 0.29) is 0 Å². The Morgan fingerprint density at radius 2 is 2.57 bits per heavy atom. The molecule has 0 aromatic carbocycles. The number of hydroxylamine groups is 1. The summed E-state index contributed by atoms with van der Waals surface area (Å²) < 4.78 is 0. The molecule has 0 bridgehead atoms.